The molecule has 0 heterocycles. The minimum absolute atomic E-state index is 0.000322. The molecule has 0 aromatic heterocycles. The van der Waals surface area contributed by atoms with Crippen LogP contribution in [-0.2, 0) is 43.2 Å². The summed E-state index contributed by atoms with van der Waals surface area (Å²) in [6.07, 6.45) is 0.135. The minimum Gasteiger partial charge on any atom is -0.508 e. The monoisotopic (exact) mass is 661 g/mol. The second-order valence-electron chi connectivity index (χ2n) is 11.9. The highest BCUT2D eigenvalue weighted by Gasteiger charge is 2.32. The van der Waals surface area contributed by atoms with Crippen molar-refractivity contribution in [1.82, 2.24) is 21.3 Å². The van der Waals surface area contributed by atoms with E-state index in [2.05, 4.69) is 21.3 Å². The molecule has 0 fully saturated rings. The fourth-order valence-corrected chi connectivity index (χ4v) is 4.98. The van der Waals surface area contributed by atoms with Gasteiger partial charge in [-0.2, -0.15) is 0 Å². The van der Waals surface area contributed by atoms with Gasteiger partial charge in [0.1, 0.15) is 35.7 Å². The van der Waals surface area contributed by atoms with E-state index in [0.29, 0.717) is 16.7 Å². The number of hydrogen-bond donors (Lipinski definition) is 8. The van der Waals surface area contributed by atoms with Gasteiger partial charge in [0.15, 0.2) is 0 Å². The van der Waals surface area contributed by atoms with Gasteiger partial charge in [-0.25, -0.2) is 4.79 Å². The summed E-state index contributed by atoms with van der Waals surface area (Å²) in [5.74, 6) is -4.00. The molecule has 13 nitrogen and oxygen atoms in total. The van der Waals surface area contributed by atoms with Crippen molar-refractivity contribution in [3.63, 3.8) is 0 Å². The molecule has 4 amide bonds. The fraction of sp³-hybridized carbons (Fsp3) is 0.343. The maximum Gasteiger partial charge on any atom is 0.326 e. The van der Waals surface area contributed by atoms with Crippen molar-refractivity contribution in [2.75, 3.05) is 6.54 Å². The summed E-state index contributed by atoms with van der Waals surface area (Å²) in [7, 11) is 0. The number of carbonyl (C=O) groups is 5. The van der Waals surface area contributed by atoms with E-state index in [4.69, 9.17) is 5.73 Å². The van der Waals surface area contributed by atoms with Gasteiger partial charge in [0.05, 0.1) is 6.54 Å². The third-order valence-electron chi connectivity index (χ3n) is 7.46. The Labute approximate surface area is 278 Å². The largest absolute Gasteiger partial charge is 0.508 e. The molecule has 0 aliphatic rings. The first-order valence-corrected chi connectivity index (χ1v) is 15.6. The van der Waals surface area contributed by atoms with Gasteiger partial charge in [0.25, 0.3) is 0 Å². The average molecular weight is 662 g/mol. The maximum atomic E-state index is 13.9. The van der Waals surface area contributed by atoms with Crippen LogP contribution in [0.1, 0.15) is 37.0 Å². The zero-order chi connectivity index (χ0) is 35.2. The Hall–Kier alpha value is -5.43. The summed E-state index contributed by atoms with van der Waals surface area (Å²) in [5, 5.41) is 39.9. The van der Waals surface area contributed by atoms with E-state index < -0.39 is 53.8 Å². The number of hydrogen-bond acceptors (Lipinski definition) is 8. The second-order valence-corrected chi connectivity index (χ2v) is 11.9. The zero-order valence-electron chi connectivity index (χ0n) is 26.9. The molecule has 48 heavy (non-hydrogen) atoms. The molecular weight excluding hydrogens is 618 g/mol. The number of phenolic OH excluding ortho intramolecular Hbond substituents is 2. The van der Waals surface area contributed by atoms with E-state index in [1.54, 1.807) is 54.6 Å². The fourth-order valence-electron chi connectivity index (χ4n) is 4.98. The Kier molecular flexibility index (Phi) is 13.9. The van der Waals surface area contributed by atoms with Crippen molar-refractivity contribution in [3.8, 4) is 11.5 Å². The summed E-state index contributed by atoms with van der Waals surface area (Å²) in [4.78, 5) is 65.3. The topological polar surface area (TPSA) is 220 Å². The Morgan fingerprint density at radius 3 is 1.40 bits per heavy atom. The van der Waals surface area contributed by atoms with Crippen molar-refractivity contribution >= 4 is 29.6 Å². The Bertz CT molecular complexity index is 1530. The number of aliphatic carboxylic acids is 1. The van der Waals surface area contributed by atoms with Gasteiger partial charge in [0.2, 0.25) is 23.6 Å². The van der Waals surface area contributed by atoms with Gasteiger partial charge < -0.3 is 42.3 Å². The molecule has 0 aliphatic heterocycles. The van der Waals surface area contributed by atoms with Crippen LogP contribution in [-0.4, -0.2) is 75.6 Å². The van der Waals surface area contributed by atoms with Crippen LogP contribution in [0, 0.1) is 5.92 Å². The van der Waals surface area contributed by atoms with Crippen LogP contribution >= 0.6 is 0 Å². The van der Waals surface area contributed by atoms with Gasteiger partial charge in [-0.3, -0.25) is 19.2 Å². The third kappa shape index (κ3) is 12.1. The first-order chi connectivity index (χ1) is 22.8. The van der Waals surface area contributed by atoms with Crippen LogP contribution < -0.4 is 27.0 Å². The van der Waals surface area contributed by atoms with E-state index >= 15 is 0 Å². The van der Waals surface area contributed by atoms with Gasteiger partial charge >= 0.3 is 5.97 Å². The molecule has 0 bridgehead atoms. The lowest BCUT2D eigenvalue weighted by molar-refractivity contribution is -0.142. The Morgan fingerprint density at radius 1 is 0.583 bits per heavy atom. The van der Waals surface area contributed by atoms with Crippen LogP contribution in [0.4, 0.5) is 0 Å². The zero-order valence-corrected chi connectivity index (χ0v) is 26.9. The summed E-state index contributed by atoms with van der Waals surface area (Å²) in [5.41, 5.74) is 7.26. The SMILES string of the molecule is CC(C)C[C@H](NC(=O)CN)C(=O)N[C@@H](Cc1ccc(O)cc1)C(=O)N[C@@H](Cc1ccc(O)cc1)C(=O)N[C@@H](Cc1ccccc1)C(=O)O. The van der Waals surface area contributed by atoms with E-state index in [1.165, 1.54) is 24.3 Å². The molecule has 9 N–H and O–H groups in total. The van der Waals surface area contributed by atoms with Crippen molar-refractivity contribution in [2.45, 2.75) is 63.7 Å². The van der Waals surface area contributed by atoms with Crippen LogP contribution in [0.15, 0.2) is 78.9 Å². The van der Waals surface area contributed by atoms with Crippen molar-refractivity contribution in [3.05, 3.63) is 95.6 Å². The van der Waals surface area contributed by atoms with Gasteiger partial charge in [0, 0.05) is 19.3 Å². The van der Waals surface area contributed by atoms with Crippen molar-refractivity contribution < 1.29 is 39.3 Å². The summed E-state index contributed by atoms with van der Waals surface area (Å²) < 4.78 is 0. The van der Waals surface area contributed by atoms with E-state index in [-0.39, 0.29) is 49.6 Å². The molecule has 4 atom stereocenters. The summed E-state index contributed by atoms with van der Waals surface area (Å²) >= 11 is 0. The first-order valence-electron chi connectivity index (χ1n) is 15.6. The van der Waals surface area contributed by atoms with Crippen LogP contribution in [0.2, 0.25) is 0 Å². The predicted octanol–water partition coefficient (Wildman–Crippen LogP) is 1.15. The lowest BCUT2D eigenvalue weighted by atomic mass is 9.99. The normalized spacial score (nSPS) is 13.4. The number of benzene rings is 3. The van der Waals surface area contributed by atoms with Crippen molar-refractivity contribution in [2.24, 2.45) is 11.7 Å². The average Bonchev–Trinajstić information content (AvgIpc) is 3.05. The number of phenols is 2. The number of amides is 4. The van der Waals surface area contributed by atoms with Crippen molar-refractivity contribution in [1.29, 1.82) is 0 Å². The molecule has 3 aromatic rings. The molecule has 0 saturated carbocycles. The van der Waals surface area contributed by atoms with Gasteiger partial charge in [-0.1, -0.05) is 68.4 Å². The number of nitrogens with two attached hydrogens (primary N) is 1. The molecule has 3 aromatic carbocycles. The molecule has 13 heteroatoms. The highest BCUT2D eigenvalue weighted by atomic mass is 16.4. The van der Waals surface area contributed by atoms with E-state index in [9.17, 15) is 39.3 Å². The maximum absolute atomic E-state index is 13.9. The quantitative estimate of drug-likeness (QED) is 0.104. The van der Waals surface area contributed by atoms with Crippen LogP contribution in [0.5, 0.6) is 11.5 Å². The Morgan fingerprint density at radius 2 is 0.979 bits per heavy atom. The molecule has 0 saturated heterocycles. The van der Waals surface area contributed by atoms with Crippen LogP contribution in [0.3, 0.4) is 0 Å². The number of nitrogens with one attached hydrogen (secondary N) is 4. The smallest absolute Gasteiger partial charge is 0.326 e. The standard InChI is InChI=1S/C35H43N5O8/c1-21(2)16-27(37-31(43)20-36)32(44)38-28(17-23-8-12-25(41)13-9-23)33(45)39-29(18-24-10-14-26(42)15-11-24)34(46)40-30(35(47)48)19-22-6-4-3-5-7-22/h3-15,21,27-30,41-42H,16-20,36H2,1-2H3,(H,37,43)(H,38,44)(H,39,45)(H,40,46)(H,47,48)/t27-,28-,29-,30-/m0/s1. The molecule has 0 aliphatic carbocycles. The molecule has 0 radical (unpaired) electrons. The molecular formula is C35H43N5O8. The van der Waals surface area contributed by atoms with E-state index in [1.807, 2.05) is 13.8 Å². The lowest BCUT2D eigenvalue weighted by Gasteiger charge is -2.27. The van der Waals surface area contributed by atoms with E-state index in [0.717, 1.165) is 0 Å². The van der Waals surface area contributed by atoms with Gasteiger partial charge in [-0.05, 0) is 53.3 Å². The molecule has 256 valence electrons. The molecule has 0 spiro atoms. The van der Waals surface area contributed by atoms with Gasteiger partial charge in [-0.15, -0.1) is 0 Å². The second kappa shape index (κ2) is 18.0. The predicted molar refractivity (Wildman–Crippen MR) is 178 cm³/mol. The Balaban J connectivity index is 1.91. The molecule has 0 unspecified atom stereocenters. The number of aromatic hydroxyl groups is 2. The first kappa shape index (κ1) is 37.0. The van der Waals surface area contributed by atoms with Crippen LogP contribution in [0.25, 0.3) is 0 Å². The number of carboxylic acid groups (broad SMARTS) is 1. The highest BCUT2D eigenvalue weighted by Crippen LogP contribution is 2.15. The highest BCUT2D eigenvalue weighted by molar-refractivity contribution is 5.95. The summed E-state index contributed by atoms with van der Waals surface area (Å²) in [6.45, 7) is 3.39. The lowest BCUT2D eigenvalue weighted by Crippen LogP contribution is -2.59. The molecule has 3 rings (SSSR count). The number of carboxylic acids is 1. The minimum atomic E-state index is -1.31. The number of carbonyl (C=O) groups excluding carboxylic acids is 4. The third-order valence-corrected chi connectivity index (χ3v) is 7.46. The number of rotatable bonds is 17. The summed E-state index contributed by atoms with van der Waals surface area (Å²) in [6, 6.07) is 15.9.